The summed E-state index contributed by atoms with van der Waals surface area (Å²) in [5.41, 5.74) is 3.79. The van der Waals surface area contributed by atoms with Gasteiger partial charge >= 0.3 is 6.18 Å². The monoisotopic (exact) mass is 563 g/mol. The van der Waals surface area contributed by atoms with Gasteiger partial charge in [-0.15, -0.1) is 0 Å². The number of aromatic nitrogens is 2. The smallest absolute Gasteiger partial charge is 0.405 e. The Hall–Kier alpha value is -4.40. The average molecular weight is 564 g/mol. The summed E-state index contributed by atoms with van der Waals surface area (Å²) in [4.78, 5) is 29.8. The number of pyridine rings is 2. The van der Waals surface area contributed by atoms with Gasteiger partial charge in [0.2, 0.25) is 5.43 Å². The zero-order valence-corrected chi connectivity index (χ0v) is 23.1. The van der Waals surface area contributed by atoms with Gasteiger partial charge in [-0.1, -0.05) is 57.2 Å². The number of aliphatic hydroxyl groups excluding tert-OH is 1. The summed E-state index contributed by atoms with van der Waals surface area (Å²) >= 11 is 0. The molecule has 6 nitrogen and oxygen atoms in total. The van der Waals surface area contributed by atoms with Crippen molar-refractivity contribution < 1.29 is 23.1 Å². The van der Waals surface area contributed by atoms with Crippen molar-refractivity contribution in [2.24, 2.45) is 5.92 Å². The van der Waals surface area contributed by atoms with Crippen molar-refractivity contribution in [2.45, 2.75) is 45.7 Å². The fourth-order valence-electron chi connectivity index (χ4n) is 4.81. The maximum atomic E-state index is 12.9. The lowest BCUT2D eigenvalue weighted by atomic mass is 9.96. The van der Waals surface area contributed by atoms with Crippen LogP contribution in [0.1, 0.15) is 54.1 Å². The Kier molecular flexibility index (Phi) is 8.66. The Balaban J connectivity index is 0.00000124. The highest BCUT2D eigenvalue weighted by Crippen LogP contribution is 2.51. The third-order valence-electron chi connectivity index (χ3n) is 6.80. The van der Waals surface area contributed by atoms with Crippen LogP contribution in [0.15, 0.2) is 84.1 Å². The highest BCUT2D eigenvalue weighted by Gasteiger charge is 2.41. The molecule has 2 aromatic carbocycles. The minimum Gasteiger partial charge on any atom is -0.513 e. The first-order chi connectivity index (χ1) is 19.4. The molecule has 2 unspecified atom stereocenters. The van der Waals surface area contributed by atoms with E-state index in [-0.39, 0.29) is 28.6 Å². The van der Waals surface area contributed by atoms with E-state index >= 15 is 0 Å². The lowest BCUT2D eigenvalue weighted by Crippen LogP contribution is -2.36. The first kappa shape index (κ1) is 29.6. The maximum absolute atomic E-state index is 12.9. The molecule has 2 atom stereocenters. The SMILES string of the molecule is C=C(O)C1CC1c1ccc(-c2cccc(-n3cc(C(=O)NCC(F)(F)F)c(=O)c4cccnc43)c2)cc1C.CCC. The zero-order chi connectivity index (χ0) is 29.9. The second kappa shape index (κ2) is 12.0. The predicted octanol–water partition coefficient (Wildman–Crippen LogP) is 7.24. The van der Waals surface area contributed by atoms with Gasteiger partial charge < -0.3 is 15.0 Å². The molecule has 4 aromatic rings. The summed E-state index contributed by atoms with van der Waals surface area (Å²) in [5.74, 6) is -0.558. The lowest BCUT2D eigenvalue weighted by molar-refractivity contribution is -0.123. The highest BCUT2D eigenvalue weighted by molar-refractivity contribution is 5.97. The van der Waals surface area contributed by atoms with Crippen LogP contribution in [-0.4, -0.2) is 33.3 Å². The molecule has 0 bridgehead atoms. The summed E-state index contributed by atoms with van der Waals surface area (Å²) in [7, 11) is 0. The van der Waals surface area contributed by atoms with E-state index in [0.717, 1.165) is 28.7 Å². The number of aliphatic hydroxyl groups is 1. The first-order valence-electron chi connectivity index (χ1n) is 13.4. The topological polar surface area (TPSA) is 84.2 Å². The minimum absolute atomic E-state index is 0.0894. The molecule has 1 amide bonds. The third-order valence-corrected chi connectivity index (χ3v) is 6.80. The van der Waals surface area contributed by atoms with Crippen LogP contribution < -0.4 is 10.7 Å². The molecule has 1 aliphatic carbocycles. The van der Waals surface area contributed by atoms with Gasteiger partial charge in [-0.25, -0.2) is 4.98 Å². The number of hydrogen-bond donors (Lipinski definition) is 2. The number of carbonyl (C=O) groups is 1. The Morgan fingerprint density at radius 1 is 1.12 bits per heavy atom. The van der Waals surface area contributed by atoms with Gasteiger partial charge in [-0.05, 0) is 65.8 Å². The molecule has 41 heavy (non-hydrogen) atoms. The molecule has 214 valence electrons. The molecule has 9 heteroatoms. The summed E-state index contributed by atoms with van der Waals surface area (Å²) < 4.78 is 39.5. The normalized spacial score (nSPS) is 16.0. The number of nitrogens with zero attached hydrogens (tertiary/aromatic N) is 2. The van der Waals surface area contributed by atoms with Crippen molar-refractivity contribution in [3.8, 4) is 16.8 Å². The predicted molar refractivity (Wildman–Crippen MR) is 154 cm³/mol. The minimum atomic E-state index is -4.61. The van der Waals surface area contributed by atoms with Gasteiger partial charge in [0.1, 0.15) is 17.8 Å². The molecular weight excluding hydrogens is 531 g/mol. The van der Waals surface area contributed by atoms with Crippen LogP contribution in [0.4, 0.5) is 13.2 Å². The second-order valence-electron chi connectivity index (χ2n) is 10.2. The number of allylic oxidation sites excluding steroid dienone is 1. The van der Waals surface area contributed by atoms with Crippen molar-refractivity contribution in [3.63, 3.8) is 0 Å². The van der Waals surface area contributed by atoms with Crippen LogP contribution in [0.25, 0.3) is 27.8 Å². The molecule has 1 fully saturated rings. The Morgan fingerprint density at radius 2 is 1.83 bits per heavy atom. The van der Waals surface area contributed by atoms with Gasteiger partial charge in [-0.3, -0.25) is 9.59 Å². The van der Waals surface area contributed by atoms with Crippen molar-refractivity contribution >= 4 is 16.9 Å². The van der Waals surface area contributed by atoms with Crippen LogP contribution >= 0.6 is 0 Å². The van der Waals surface area contributed by atoms with E-state index in [2.05, 4.69) is 31.5 Å². The van der Waals surface area contributed by atoms with E-state index in [1.54, 1.807) is 11.4 Å². The van der Waals surface area contributed by atoms with Crippen LogP contribution in [0, 0.1) is 12.8 Å². The van der Waals surface area contributed by atoms with Gasteiger partial charge in [0, 0.05) is 24.0 Å². The summed E-state index contributed by atoms with van der Waals surface area (Å²) in [6.07, 6.45) is 0.240. The molecule has 2 N–H and O–H groups in total. The van der Waals surface area contributed by atoms with Crippen LogP contribution in [-0.2, 0) is 0 Å². The molecule has 5 rings (SSSR count). The van der Waals surface area contributed by atoms with E-state index < -0.39 is 29.6 Å². The summed E-state index contributed by atoms with van der Waals surface area (Å²) in [6, 6.07) is 16.5. The maximum Gasteiger partial charge on any atom is 0.405 e. The molecule has 0 aliphatic heterocycles. The molecule has 1 aliphatic rings. The average Bonchev–Trinajstić information content (AvgIpc) is 3.73. The Morgan fingerprint density at radius 3 is 2.46 bits per heavy atom. The highest BCUT2D eigenvalue weighted by atomic mass is 19.4. The second-order valence-corrected chi connectivity index (χ2v) is 10.2. The van der Waals surface area contributed by atoms with Crippen LogP contribution in [0.5, 0.6) is 0 Å². The number of rotatable bonds is 6. The number of halogens is 3. The summed E-state index contributed by atoms with van der Waals surface area (Å²) in [5, 5.41) is 11.6. The van der Waals surface area contributed by atoms with E-state index in [0.29, 0.717) is 5.69 Å². The van der Waals surface area contributed by atoms with Crippen molar-refractivity contribution in [2.75, 3.05) is 6.54 Å². The van der Waals surface area contributed by atoms with E-state index in [9.17, 15) is 27.9 Å². The molecule has 0 saturated heterocycles. The van der Waals surface area contributed by atoms with E-state index in [1.807, 2.05) is 37.3 Å². The van der Waals surface area contributed by atoms with Crippen LogP contribution in [0.2, 0.25) is 0 Å². The van der Waals surface area contributed by atoms with Crippen molar-refractivity contribution in [1.29, 1.82) is 0 Å². The first-order valence-corrected chi connectivity index (χ1v) is 13.4. The van der Waals surface area contributed by atoms with Gasteiger partial charge in [0.25, 0.3) is 5.91 Å². The van der Waals surface area contributed by atoms with E-state index in [4.69, 9.17) is 0 Å². The van der Waals surface area contributed by atoms with E-state index in [1.165, 1.54) is 35.5 Å². The van der Waals surface area contributed by atoms with Gasteiger partial charge in [-0.2, -0.15) is 13.2 Å². The third kappa shape index (κ3) is 6.67. The summed E-state index contributed by atoms with van der Waals surface area (Å²) in [6.45, 7) is 8.37. The molecular formula is C32H32F3N3O3. The largest absolute Gasteiger partial charge is 0.513 e. The fraction of sp³-hybridized carbons (Fsp3) is 0.281. The number of nitrogens with one attached hydrogen (secondary N) is 1. The number of alkyl halides is 3. The van der Waals surface area contributed by atoms with Crippen molar-refractivity contribution in [1.82, 2.24) is 14.9 Å². The number of aryl methyl sites for hydroxylation is 1. The Labute approximate surface area is 236 Å². The number of benzene rings is 2. The Bertz CT molecular complexity index is 1660. The number of amides is 1. The lowest BCUT2D eigenvalue weighted by Gasteiger charge is -2.15. The number of fused-ring (bicyclic) bond motifs is 1. The van der Waals surface area contributed by atoms with Crippen LogP contribution in [0.3, 0.4) is 0 Å². The molecule has 0 radical (unpaired) electrons. The molecule has 2 heterocycles. The zero-order valence-electron chi connectivity index (χ0n) is 23.1. The number of hydrogen-bond acceptors (Lipinski definition) is 4. The molecule has 2 aromatic heterocycles. The standard InChI is InChI=1S/C29H24F3N3O3.C3H8/c1-16-11-19(8-9-21(16)24-13-23(24)17(2)36)18-5-3-6-20(12-18)35-14-25(28(38)34-15-29(30,31)32)26(37)22-7-4-10-33-27(22)35;1-3-2/h3-12,14,23-24,36H,2,13,15H2,1H3,(H,34,38);3H2,1-2H3. The number of carbonyl (C=O) groups excluding carboxylic acids is 1. The fourth-order valence-corrected chi connectivity index (χ4v) is 4.81. The van der Waals surface area contributed by atoms with Gasteiger partial charge in [0.05, 0.1) is 11.1 Å². The molecule has 1 saturated carbocycles. The van der Waals surface area contributed by atoms with Crippen molar-refractivity contribution in [3.05, 3.63) is 106 Å². The van der Waals surface area contributed by atoms with Gasteiger partial charge in [0.15, 0.2) is 0 Å². The quantitative estimate of drug-likeness (QED) is 0.242. The molecule has 0 spiro atoms.